The number of benzene rings is 1. The summed E-state index contributed by atoms with van der Waals surface area (Å²) in [5, 5.41) is 16.1. The molecule has 2 aromatic rings. The number of amides is 2. The average molecular weight is 319 g/mol. The van der Waals surface area contributed by atoms with Crippen LogP contribution in [0.1, 0.15) is 11.1 Å². The minimum atomic E-state index is -0.721. The predicted octanol–water partition coefficient (Wildman–Crippen LogP) is 1.06. The highest BCUT2D eigenvalue weighted by Crippen LogP contribution is 2.16. The number of nitrogens with two attached hydrogens (primary N) is 1. The highest BCUT2D eigenvalue weighted by molar-refractivity contribution is 6.30. The first-order valence-corrected chi connectivity index (χ1v) is 6.43. The molecule has 0 bridgehead atoms. The molecule has 1 heterocycles. The van der Waals surface area contributed by atoms with Crippen molar-refractivity contribution in [1.29, 1.82) is 5.26 Å². The lowest BCUT2D eigenvalue weighted by Crippen LogP contribution is -2.36. The number of nitrogens with zero attached hydrogens (tertiary/aromatic N) is 3. The van der Waals surface area contributed by atoms with Crippen LogP contribution in [-0.4, -0.2) is 15.8 Å². The van der Waals surface area contributed by atoms with Gasteiger partial charge in [0.2, 0.25) is 0 Å². The maximum Gasteiger partial charge on any atom is 0.334 e. The van der Waals surface area contributed by atoms with Crippen molar-refractivity contribution in [2.45, 2.75) is 6.92 Å². The van der Waals surface area contributed by atoms with Crippen molar-refractivity contribution in [3.63, 3.8) is 0 Å². The summed E-state index contributed by atoms with van der Waals surface area (Å²) < 4.78 is 1.01. The Kier molecular flexibility index (Phi) is 4.41. The normalized spacial score (nSPS) is 9.91. The molecule has 0 saturated carbocycles. The standard InChI is InChI=1S/C13H11ClN6O2/c1-7-10(6-15)12(21)20(9-4-2-8(14)3-5-9)19-11(7)17-13(22)18-16/h2-5H,16H2,1H3,(H2,17,18,19,22). The van der Waals surface area contributed by atoms with E-state index in [1.54, 1.807) is 24.3 Å². The van der Waals surface area contributed by atoms with Gasteiger partial charge in [0, 0.05) is 10.6 Å². The van der Waals surface area contributed by atoms with Gasteiger partial charge in [-0.25, -0.2) is 10.6 Å². The summed E-state index contributed by atoms with van der Waals surface area (Å²) in [6, 6.07) is 7.39. The van der Waals surface area contributed by atoms with Gasteiger partial charge >= 0.3 is 6.03 Å². The van der Waals surface area contributed by atoms with Crippen molar-refractivity contribution < 1.29 is 4.79 Å². The third-order valence-electron chi connectivity index (χ3n) is 2.88. The lowest BCUT2D eigenvalue weighted by Gasteiger charge is -2.12. The quantitative estimate of drug-likeness (QED) is 0.433. The van der Waals surface area contributed by atoms with Crippen LogP contribution in [0.2, 0.25) is 5.02 Å². The Labute approximate surface area is 130 Å². The third kappa shape index (κ3) is 2.90. The van der Waals surface area contributed by atoms with E-state index in [4.69, 9.17) is 22.7 Å². The van der Waals surface area contributed by atoms with Gasteiger partial charge in [-0.1, -0.05) is 11.6 Å². The van der Waals surface area contributed by atoms with Gasteiger partial charge in [-0.15, -0.1) is 5.10 Å². The molecule has 0 fully saturated rings. The minimum absolute atomic E-state index is 0.0500. The van der Waals surface area contributed by atoms with Crippen LogP contribution in [0.3, 0.4) is 0 Å². The molecule has 0 radical (unpaired) electrons. The number of nitriles is 1. The molecule has 0 atom stereocenters. The number of rotatable bonds is 2. The number of hydrogen-bond acceptors (Lipinski definition) is 5. The van der Waals surface area contributed by atoms with Gasteiger partial charge < -0.3 is 0 Å². The maximum absolute atomic E-state index is 12.3. The molecule has 0 spiro atoms. The molecule has 0 aliphatic rings. The molecule has 1 aromatic heterocycles. The van der Waals surface area contributed by atoms with Gasteiger partial charge in [-0.3, -0.25) is 15.5 Å². The molecule has 2 rings (SSSR count). The molecule has 4 N–H and O–H groups in total. The van der Waals surface area contributed by atoms with E-state index < -0.39 is 11.6 Å². The van der Waals surface area contributed by atoms with Crippen LogP contribution >= 0.6 is 11.6 Å². The summed E-state index contributed by atoms with van der Waals surface area (Å²) in [7, 11) is 0. The summed E-state index contributed by atoms with van der Waals surface area (Å²) in [6.07, 6.45) is 0. The number of carbonyl (C=O) groups excluding carboxylic acids is 1. The fraction of sp³-hybridized carbons (Fsp3) is 0.0769. The number of urea groups is 1. The van der Waals surface area contributed by atoms with Crippen LogP contribution in [0, 0.1) is 18.3 Å². The van der Waals surface area contributed by atoms with E-state index in [0.717, 1.165) is 4.68 Å². The Hall–Kier alpha value is -2.89. The van der Waals surface area contributed by atoms with Crippen LogP contribution in [0.5, 0.6) is 0 Å². The zero-order valence-electron chi connectivity index (χ0n) is 11.4. The topological polar surface area (TPSA) is 126 Å². The number of carbonyl (C=O) groups is 1. The van der Waals surface area contributed by atoms with E-state index in [1.165, 1.54) is 6.92 Å². The Balaban J connectivity index is 2.66. The molecule has 2 amide bonds. The van der Waals surface area contributed by atoms with Gasteiger partial charge in [0.05, 0.1) is 5.69 Å². The third-order valence-corrected chi connectivity index (χ3v) is 3.13. The van der Waals surface area contributed by atoms with E-state index in [0.29, 0.717) is 10.7 Å². The summed E-state index contributed by atoms with van der Waals surface area (Å²) >= 11 is 5.80. The van der Waals surface area contributed by atoms with E-state index in [1.807, 2.05) is 11.5 Å². The molecule has 1 aromatic carbocycles. The van der Waals surface area contributed by atoms with E-state index >= 15 is 0 Å². The van der Waals surface area contributed by atoms with Crippen molar-refractivity contribution in [1.82, 2.24) is 15.2 Å². The molecule has 0 unspecified atom stereocenters. The van der Waals surface area contributed by atoms with Crippen LogP contribution in [-0.2, 0) is 0 Å². The van der Waals surface area contributed by atoms with Crippen molar-refractivity contribution in [3.05, 3.63) is 50.8 Å². The molecular formula is C13H11ClN6O2. The molecule has 0 aliphatic carbocycles. The molecule has 9 heteroatoms. The van der Waals surface area contributed by atoms with Crippen LogP contribution < -0.4 is 22.1 Å². The molecule has 8 nitrogen and oxygen atoms in total. The number of anilines is 1. The number of hydrogen-bond donors (Lipinski definition) is 3. The Morgan fingerprint density at radius 1 is 1.41 bits per heavy atom. The van der Waals surface area contributed by atoms with Crippen molar-refractivity contribution in [2.24, 2.45) is 5.84 Å². The SMILES string of the molecule is Cc1c(NC(=O)NN)nn(-c2ccc(Cl)cc2)c(=O)c1C#N. The zero-order valence-corrected chi connectivity index (χ0v) is 12.2. The van der Waals surface area contributed by atoms with E-state index in [9.17, 15) is 9.59 Å². The van der Waals surface area contributed by atoms with Gasteiger partial charge in [-0.05, 0) is 31.2 Å². The second kappa shape index (κ2) is 6.26. The molecule has 0 saturated heterocycles. The largest absolute Gasteiger partial charge is 0.334 e. The lowest BCUT2D eigenvalue weighted by atomic mass is 10.2. The maximum atomic E-state index is 12.3. The van der Waals surface area contributed by atoms with Crippen LogP contribution in [0.4, 0.5) is 10.6 Å². The fourth-order valence-corrected chi connectivity index (χ4v) is 1.88. The van der Waals surface area contributed by atoms with Crippen molar-refractivity contribution in [3.8, 4) is 11.8 Å². The first-order chi connectivity index (χ1) is 10.5. The van der Waals surface area contributed by atoms with Gasteiger partial charge in [0.15, 0.2) is 5.82 Å². The second-order valence-corrected chi connectivity index (χ2v) is 4.69. The molecule has 0 aliphatic heterocycles. The lowest BCUT2D eigenvalue weighted by molar-refractivity contribution is 0.252. The summed E-state index contributed by atoms with van der Waals surface area (Å²) in [5.74, 6) is 5.05. The van der Waals surface area contributed by atoms with Crippen molar-refractivity contribution in [2.75, 3.05) is 5.32 Å². The highest BCUT2D eigenvalue weighted by atomic mass is 35.5. The first kappa shape index (κ1) is 15.5. The predicted molar refractivity (Wildman–Crippen MR) is 80.6 cm³/mol. The number of halogens is 1. The summed E-state index contributed by atoms with van der Waals surface area (Å²) in [6.45, 7) is 1.51. The van der Waals surface area contributed by atoms with E-state index in [2.05, 4.69) is 10.4 Å². The Bertz CT molecular complexity index is 822. The number of aromatic nitrogens is 2. The monoisotopic (exact) mass is 318 g/mol. The fourth-order valence-electron chi connectivity index (χ4n) is 1.76. The smallest absolute Gasteiger partial charge is 0.290 e. The number of nitrogens with one attached hydrogen (secondary N) is 2. The number of hydrazine groups is 1. The average Bonchev–Trinajstić information content (AvgIpc) is 2.51. The van der Waals surface area contributed by atoms with Crippen LogP contribution in [0.25, 0.3) is 5.69 Å². The van der Waals surface area contributed by atoms with Crippen LogP contribution in [0.15, 0.2) is 29.1 Å². The first-order valence-electron chi connectivity index (χ1n) is 6.05. The van der Waals surface area contributed by atoms with E-state index in [-0.39, 0.29) is 16.9 Å². The van der Waals surface area contributed by atoms with Crippen molar-refractivity contribution >= 4 is 23.4 Å². The Morgan fingerprint density at radius 2 is 2.05 bits per heavy atom. The zero-order chi connectivity index (χ0) is 16.3. The summed E-state index contributed by atoms with van der Waals surface area (Å²) in [4.78, 5) is 23.6. The molecule has 112 valence electrons. The second-order valence-electron chi connectivity index (χ2n) is 4.25. The Morgan fingerprint density at radius 3 is 2.59 bits per heavy atom. The minimum Gasteiger partial charge on any atom is -0.290 e. The van der Waals surface area contributed by atoms with Gasteiger partial charge in [0.25, 0.3) is 5.56 Å². The van der Waals surface area contributed by atoms with Gasteiger partial charge in [-0.2, -0.15) is 9.94 Å². The summed E-state index contributed by atoms with van der Waals surface area (Å²) in [5.41, 5.74) is 1.81. The van der Waals surface area contributed by atoms with Gasteiger partial charge in [0.1, 0.15) is 11.6 Å². The highest BCUT2D eigenvalue weighted by Gasteiger charge is 2.16. The molecule has 22 heavy (non-hydrogen) atoms. The molecular weight excluding hydrogens is 308 g/mol.